The van der Waals surface area contributed by atoms with Crippen molar-refractivity contribution in [1.29, 1.82) is 0 Å². The van der Waals surface area contributed by atoms with Gasteiger partial charge in [0.15, 0.2) is 0 Å². The van der Waals surface area contributed by atoms with Crippen molar-refractivity contribution < 1.29 is 0 Å². The molecule has 3 rings (SSSR count). The number of hydrogen-bond donors (Lipinski definition) is 1. The summed E-state index contributed by atoms with van der Waals surface area (Å²) in [4.78, 5) is 1.50. The molecule has 0 amide bonds. The number of thiophene rings is 1. The number of nitrogens with one attached hydrogen (secondary N) is 1. The quantitative estimate of drug-likeness (QED) is 0.743. The highest BCUT2D eigenvalue weighted by atomic mass is 79.9. The van der Waals surface area contributed by atoms with Crippen LogP contribution in [0.1, 0.15) is 29.3 Å². The summed E-state index contributed by atoms with van der Waals surface area (Å²) in [6.07, 6.45) is 3.61. The Hall–Kier alpha value is -0.510. The highest BCUT2D eigenvalue weighted by molar-refractivity contribution is 9.11. The maximum absolute atomic E-state index is 6.21. The zero-order valence-corrected chi connectivity index (χ0v) is 12.9. The average molecular weight is 343 g/mol. The van der Waals surface area contributed by atoms with Crippen molar-refractivity contribution >= 4 is 44.6 Å². The van der Waals surface area contributed by atoms with E-state index >= 15 is 0 Å². The third-order valence-corrected chi connectivity index (χ3v) is 5.33. The Morgan fingerprint density at radius 3 is 3.00 bits per heavy atom. The predicted octanol–water partition coefficient (Wildman–Crippen LogP) is 5.65. The van der Waals surface area contributed by atoms with E-state index in [4.69, 9.17) is 11.6 Å². The lowest BCUT2D eigenvalue weighted by atomic mass is 9.94. The van der Waals surface area contributed by atoms with E-state index in [0.29, 0.717) is 6.04 Å². The molecule has 1 aromatic carbocycles. The van der Waals surface area contributed by atoms with Crippen LogP contribution < -0.4 is 5.32 Å². The van der Waals surface area contributed by atoms with Crippen LogP contribution in [0.5, 0.6) is 0 Å². The van der Waals surface area contributed by atoms with Gasteiger partial charge >= 0.3 is 0 Å². The van der Waals surface area contributed by atoms with Crippen LogP contribution >= 0.6 is 38.9 Å². The molecule has 1 nitrogen and oxygen atoms in total. The Morgan fingerprint density at radius 1 is 1.33 bits per heavy atom. The third kappa shape index (κ3) is 2.44. The van der Waals surface area contributed by atoms with E-state index < -0.39 is 0 Å². The molecule has 1 aliphatic rings. The minimum Gasteiger partial charge on any atom is -0.377 e. The van der Waals surface area contributed by atoms with Crippen molar-refractivity contribution in [2.75, 3.05) is 5.32 Å². The Bertz CT molecular complexity index is 567. The van der Waals surface area contributed by atoms with Crippen LogP contribution in [-0.2, 0) is 6.42 Å². The first-order valence-corrected chi connectivity index (χ1v) is 8.02. The van der Waals surface area contributed by atoms with Crippen molar-refractivity contribution in [1.82, 2.24) is 0 Å². The molecule has 1 heterocycles. The number of aryl methyl sites for hydroxylation is 1. The third-order valence-electron chi connectivity index (χ3n) is 3.29. The van der Waals surface area contributed by atoms with Gasteiger partial charge in [0.1, 0.15) is 0 Å². The summed E-state index contributed by atoms with van der Waals surface area (Å²) in [6, 6.07) is 10.6. The second-order valence-electron chi connectivity index (χ2n) is 4.50. The van der Waals surface area contributed by atoms with Gasteiger partial charge in [-0.1, -0.05) is 23.7 Å². The van der Waals surface area contributed by atoms with Crippen LogP contribution in [0.25, 0.3) is 0 Å². The van der Waals surface area contributed by atoms with E-state index in [0.717, 1.165) is 10.7 Å². The van der Waals surface area contributed by atoms with Crippen LogP contribution in [0.2, 0.25) is 5.02 Å². The van der Waals surface area contributed by atoms with Gasteiger partial charge in [-0.3, -0.25) is 0 Å². The van der Waals surface area contributed by atoms with Gasteiger partial charge in [-0.2, -0.15) is 0 Å². The number of anilines is 1. The normalized spacial score (nSPS) is 18.4. The van der Waals surface area contributed by atoms with E-state index in [1.54, 1.807) is 0 Å². The summed E-state index contributed by atoms with van der Waals surface area (Å²) in [6.45, 7) is 0. The fourth-order valence-corrected chi connectivity index (χ4v) is 4.45. The number of rotatable bonds is 2. The molecule has 1 unspecified atom stereocenters. The Kier molecular flexibility index (Phi) is 3.64. The van der Waals surface area contributed by atoms with Gasteiger partial charge in [-0.05, 0) is 59.0 Å². The molecule has 1 aliphatic carbocycles. The van der Waals surface area contributed by atoms with Gasteiger partial charge in [0.05, 0.1) is 20.5 Å². The van der Waals surface area contributed by atoms with Crippen LogP contribution in [0.3, 0.4) is 0 Å². The number of benzene rings is 1. The molecule has 18 heavy (non-hydrogen) atoms. The van der Waals surface area contributed by atoms with Crippen molar-refractivity contribution in [3.8, 4) is 0 Å². The highest BCUT2D eigenvalue weighted by Gasteiger charge is 2.22. The highest BCUT2D eigenvalue weighted by Crippen LogP contribution is 2.40. The molecule has 0 radical (unpaired) electrons. The fourth-order valence-electron chi connectivity index (χ4n) is 2.44. The molecule has 0 bridgehead atoms. The summed E-state index contributed by atoms with van der Waals surface area (Å²) in [5.74, 6) is 0. The molecule has 2 aromatic rings. The van der Waals surface area contributed by atoms with Gasteiger partial charge in [0.25, 0.3) is 0 Å². The second kappa shape index (κ2) is 5.24. The van der Waals surface area contributed by atoms with Crippen molar-refractivity contribution in [2.24, 2.45) is 0 Å². The topological polar surface area (TPSA) is 12.0 Å². The first-order chi connectivity index (χ1) is 8.74. The molecule has 0 spiro atoms. The summed E-state index contributed by atoms with van der Waals surface area (Å²) in [7, 11) is 0. The molecule has 1 atom stereocenters. The van der Waals surface area contributed by atoms with E-state index in [1.807, 2.05) is 35.6 Å². The van der Waals surface area contributed by atoms with Crippen molar-refractivity contribution in [3.63, 3.8) is 0 Å². The molecular formula is C14H13BrClNS. The molecule has 1 N–H and O–H groups in total. The Morgan fingerprint density at radius 2 is 2.17 bits per heavy atom. The van der Waals surface area contributed by atoms with E-state index in [2.05, 4.69) is 27.3 Å². The largest absolute Gasteiger partial charge is 0.377 e. The lowest BCUT2D eigenvalue weighted by molar-refractivity contribution is 0.609. The van der Waals surface area contributed by atoms with Crippen LogP contribution in [-0.4, -0.2) is 0 Å². The Labute approximate surface area is 124 Å². The van der Waals surface area contributed by atoms with Crippen molar-refractivity contribution in [2.45, 2.75) is 25.3 Å². The summed E-state index contributed by atoms with van der Waals surface area (Å²) < 4.78 is 1.22. The minimum atomic E-state index is 0.385. The monoisotopic (exact) mass is 341 g/mol. The van der Waals surface area contributed by atoms with E-state index in [1.165, 1.54) is 33.5 Å². The predicted molar refractivity (Wildman–Crippen MR) is 82.8 cm³/mol. The zero-order valence-electron chi connectivity index (χ0n) is 9.75. The van der Waals surface area contributed by atoms with Gasteiger partial charge in [0, 0.05) is 4.88 Å². The molecular weight excluding hydrogens is 330 g/mol. The van der Waals surface area contributed by atoms with Gasteiger partial charge < -0.3 is 5.32 Å². The van der Waals surface area contributed by atoms with E-state index in [-0.39, 0.29) is 0 Å². The average Bonchev–Trinajstić information content (AvgIpc) is 2.73. The molecule has 0 saturated heterocycles. The molecule has 0 aliphatic heterocycles. The maximum Gasteiger partial charge on any atom is 0.0705 e. The van der Waals surface area contributed by atoms with Gasteiger partial charge in [-0.25, -0.2) is 0 Å². The van der Waals surface area contributed by atoms with E-state index in [9.17, 15) is 0 Å². The van der Waals surface area contributed by atoms with Crippen LogP contribution in [0, 0.1) is 0 Å². The zero-order chi connectivity index (χ0) is 12.5. The number of para-hydroxylation sites is 1. The lowest BCUT2D eigenvalue weighted by Gasteiger charge is -2.25. The molecule has 4 heteroatoms. The standard InChI is InChI=1S/C14H13BrClNS/c15-14-8-9-11(6-3-7-13(9)18-14)17-12-5-2-1-4-10(12)16/h1-2,4-5,8,11,17H,3,6-7H2. The molecule has 1 aromatic heterocycles. The van der Waals surface area contributed by atoms with Gasteiger partial charge in [-0.15, -0.1) is 11.3 Å². The summed E-state index contributed by atoms with van der Waals surface area (Å²) in [5, 5.41) is 4.36. The van der Waals surface area contributed by atoms with Crippen LogP contribution in [0.15, 0.2) is 34.1 Å². The number of halogens is 2. The smallest absolute Gasteiger partial charge is 0.0705 e. The van der Waals surface area contributed by atoms with Crippen molar-refractivity contribution in [3.05, 3.63) is 49.6 Å². The maximum atomic E-state index is 6.21. The van der Waals surface area contributed by atoms with Crippen LogP contribution in [0.4, 0.5) is 5.69 Å². The Balaban J connectivity index is 1.88. The summed E-state index contributed by atoms with van der Waals surface area (Å²) in [5.41, 5.74) is 2.46. The first kappa shape index (κ1) is 12.5. The number of fused-ring (bicyclic) bond motifs is 1. The first-order valence-electron chi connectivity index (χ1n) is 6.03. The second-order valence-corrected chi connectivity index (χ2v) is 7.42. The van der Waals surface area contributed by atoms with Gasteiger partial charge in [0.2, 0.25) is 0 Å². The molecule has 94 valence electrons. The fraction of sp³-hybridized carbons (Fsp3) is 0.286. The molecule has 0 fully saturated rings. The lowest BCUT2D eigenvalue weighted by Crippen LogP contribution is -2.15. The number of hydrogen-bond acceptors (Lipinski definition) is 2. The SMILES string of the molecule is Clc1ccccc1NC1CCCc2sc(Br)cc21. The summed E-state index contributed by atoms with van der Waals surface area (Å²) >= 11 is 11.6. The molecule has 0 saturated carbocycles. The minimum absolute atomic E-state index is 0.385.